The topological polar surface area (TPSA) is 49.9 Å². The molecule has 4 nitrogen and oxygen atoms in total. The van der Waals surface area contributed by atoms with E-state index in [1.54, 1.807) is 0 Å². The van der Waals surface area contributed by atoms with Gasteiger partial charge < -0.3 is 15.0 Å². The molecule has 3 rings (SSSR count). The van der Waals surface area contributed by atoms with Gasteiger partial charge in [-0.3, -0.25) is 0 Å². The number of nitrogens with zero attached hydrogens (tertiary/aromatic N) is 1. The summed E-state index contributed by atoms with van der Waals surface area (Å²) in [4.78, 5) is 7.90. The minimum absolute atomic E-state index is 0.237. The molecule has 84 valence electrons. The lowest BCUT2D eigenvalue weighted by Gasteiger charge is -2.29. The van der Waals surface area contributed by atoms with Gasteiger partial charge in [-0.15, -0.1) is 0 Å². The van der Waals surface area contributed by atoms with Crippen molar-refractivity contribution in [2.45, 2.75) is 19.0 Å². The number of imidazole rings is 1. The molecule has 2 N–H and O–H groups in total. The number of aromatic amines is 1. The number of hydrogen-bond acceptors (Lipinski definition) is 3. The number of H-pyrrole nitrogens is 1. The van der Waals surface area contributed by atoms with E-state index in [0.717, 1.165) is 30.1 Å². The standard InChI is InChI=1S/C12H15N3O/c1-8(13-9-6-16-7-9)12-14-10-4-2-3-5-11(10)15-12/h2-5,8-9,13H,6-7H2,1H3,(H,14,15). The van der Waals surface area contributed by atoms with Gasteiger partial charge in [0.2, 0.25) is 0 Å². The van der Waals surface area contributed by atoms with Crippen LogP contribution in [0.5, 0.6) is 0 Å². The number of aromatic nitrogens is 2. The van der Waals surface area contributed by atoms with E-state index < -0.39 is 0 Å². The van der Waals surface area contributed by atoms with Gasteiger partial charge in [-0.25, -0.2) is 4.98 Å². The van der Waals surface area contributed by atoms with Gasteiger partial charge in [0.1, 0.15) is 5.82 Å². The maximum atomic E-state index is 5.14. The Morgan fingerprint density at radius 3 is 2.94 bits per heavy atom. The normalized spacial score (nSPS) is 18.6. The van der Waals surface area contributed by atoms with Crippen LogP contribution in [0.4, 0.5) is 0 Å². The third-order valence-electron chi connectivity index (χ3n) is 2.94. The summed E-state index contributed by atoms with van der Waals surface area (Å²) in [6.07, 6.45) is 0. The van der Waals surface area contributed by atoms with Crippen molar-refractivity contribution in [2.24, 2.45) is 0 Å². The second-order valence-electron chi connectivity index (χ2n) is 4.26. The Morgan fingerprint density at radius 2 is 2.25 bits per heavy atom. The monoisotopic (exact) mass is 217 g/mol. The Labute approximate surface area is 94.0 Å². The van der Waals surface area contributed by atoms with Crippen molar-refractivity contribution in [3.05, 3.63) is 30.1 Å². The molecule has 4 heteroatoms. The third-order valence-corrected chi connectivity index (χ3v) is 2.94. The van der Waals surface area contributed by atoms with Gasteiger partial charge in [-0.2, -0.15) is 0 Å². The quantitative estimate of drug-likeness (QED) is 0.821. The molecular formula is C12H15N3O. The van der Waals surface area contributed by atoms with E-state index in [4.69, 9.17) is 4.74 Å². The summed E-state index contributed by atoms with van der Waals surface area (Å²) in [7, 11) is 0. The zero-order valence-electron chi connectivity index (χ0n) is 9.23. The number of hydrogen-bond donors (Lipinski definition) is 2. The Balaban J connectivity index is 1.81. The lowest BCUT2D eigenvalue weighted by atomic mass is 10.2. The van der Waals surface area contributed by atoms with Gasteiger partial charge in [0.15, 0.2) is 0 Å². The van der Waals surface area contributed by atoms with Crippen LogP contribution in [-0.2, 0) is 4.74 Å². The maximum Gasteiger partial charge on any atom is 0.124 e. The summed E-state index contributed by atoms with van der Waals surface area (Å²) in [5.41, 5.74) is 2.12. The van der Waals surface area contributed by atoms with E-state index in [-0.39, 0.29) is 6.04 Å². The number of benzene rings is 1. The molecule has 16 heavy (non-hydrogen) atoms. The van der Waals surface area contributed by atoms with Crippen LogP contribution in [0.2, 0.25) is 0 Å². The van der Waals surface area contributed by atoms with Crippen molar-refractivity contribution in [3.8, 4) is 0 Å². The van der Waals surface area contributed by atoms with E-state index >= 15 is 0 Å². The Morgan fingerprint density at radius 1 is 1.44 bits per heavy atom. The molecule has 1 aliphatic rings. The molecule has 2 aromatic rings. The summed E-state index contributed by atoms with van der Waals surface area (Å²) in [6, 6.07) is 8.80. The number of nitrogens with one attached hydrogen (secondary N) is 2. The first-order valence-electron chi connectivity index (χ1n) is 5.61. The van der Waals surface area contributed by atoms with E-state index in [2.05, 4.69) is 22.2 Å². The lowest BCUT2D eigenvalue weighted by molar-refractivity contribution is -0.00959. The molecule has 0 amide bonds. The van der Waals surface area contributed by atoms with Gasteiger partial charge in [0, 0.05) is 0 Å². The zero-order valence-corrected chi connectivity index (χ0v) is 9.23. The lowest BCUT2D eigenvalue weighted by Crippen LogP contribution is -2.46. The molecule has 1 atom stereocenters. The highest BCUT2D eigenvalue weighted by Crippen LogP contribution is 2.16. The second kappa shape index (κ2) is 3.88. The largest absolute Gasteiger partial charge is 0.378 e. The molecule has 0 aliphatic carbocycles. The Hall–Kier alpha value is -1.39. The predicted molar refractivity (Wildman–Crippen MR) is 62.3 cm³/mol. The van der Waals surface area contributed by atoms with Crippen LogP contribution < -0.4 is 5.32 Å². The van der Waals surface area contributed by atoms with Crippen LogP contribution in [0.15, 0.2) is 24.3 Å². The van der Waals surface area contributed by atoms with Crippen LogP contribution in [0, 0.1) is 0 Å². The fourth-order valence-electron chi connectivity index (χ4n) is 1.94. The van der Waals surface area contributed by atoms with Crippen LogP contribution in [-0.4, -0.2) is 29.2 Å². The first-order valence-corrected chi connectivity index (χ1v) is 5.61. The number of rotatable bonds is 3. The van der Waals surface area contributed by atoms with Crippen LogP contribution >= 0.6 is 0 Å². The molecule has 1 aromatic carbocycles. The van der Waals surface area contributed by atoms with Crippen molar-refractivity contribution in [2.75, 3.05) is 13.2 Å². The highest BCUT2D eigenvalue weighted by atomic mass is 16.5. The van der Waals surface area contributed by atoms with Crippen molar-refractivity contribution >= 4 is 11.0 Å². The Bertz CT molecular complexity index is 457. The molecule has 2 heterocycles. The number of para-hydroxylation sites is 2. The highest BCUT2D eigenvalue weighted by Gasteiger charge is 2.21. The second-order valence-corrected chi connectivity index (χ2v) is 4.26. The first-order chi connectivity index (χ1) is 7.83. The Kier molecular flexibility index (Phi) is 2.38. The number of fused-ring (bicyclic) bond motifs is 1. The molecule has 0 saturated carbocycles. The summed E-state index contributed by atoms with van der Waals surface area (Å²) < 4.78 is 5.14. The fraction of sp³-hybridized carbons (Fsp3) is 0.417. The minimum atomic E-state index is 0.237. The SMILES string of the molecule is CC(NC1COC1)c1nc2ccccc2[nH]1. The molecule has 0 bridgehead atoms. The molecule has 0 spiro atoms. The summed E-state index contributed by atoms with van der Waals surface area (Å²) in [5, 5.41) is 3.47. The van der Waals surface area contributed by atoms with Gasteiger partial charge in [0.05, 0.1) is 36.3 Å². The summed E-state index contributed by atoms with van der Waals surface area (Å²) in [5.74, 6) is 0.994. The predicted octanol–water partition coefficient (Wildman–Crippen LogP) is 1.61. The smallest absolute Gasteiger partial charge is 0.124 e. The molecule has 0 radical (unpaired) electrons. The molecular weight excluding hydrogens is 202 g/mol. The van der Waals surface area contributed by atoms with Gasteiger partial charge >= 0.3 is 0 Å². The third kappa shape index (κ3) is 1.70. The summed E-state index contributed by atoms with van der Waals surface area (Å²) in [6.45, 7) is 3.74. The van der Waals surface area contributed by atoms with Crippen molar-refractivity contribution in [1.29, 1.82) is 0 Å². The van der Waals surface area contributed by atoms with E-state index in [1.807, 2.05) is 24.3 Å². The number of ether oxygens (including phenoxy) is 1. The first kappa shape index (κ1) is 9.81. The minimum Gasteiger partial charge on any atom is -0.378 e. The van der Waals surface area contributed by atoms with E-state index in [1.165, 1.54) is 0 Å². The zero-order chi connectivity index (χ0) is 11.0. The van der Waals surface area contributed by atoms with Crippen LogP contribution in [0.25, 0.3) is 11.0 Å². The fourth-order valence-corrected chi connectivity index (χ4v) is 1.94. The average Bonchev–Trinajstić information content (AvgIpc) is 2.66. The molecule has 1 aliphatic heterocycles. The summed E-state index contributed by atoms with van der Waals surface area (Å²) >= 11 is 0. The maximum absolute atomic E-state index is 5.14. The highest BCUT2D eigenvalue weighted by molar-refractivity contribution is 5.74. The van der Waals surface area contributed by atoms with Gasteiger partial charge in [-0.05, 0) is 19.1 Å². The van der Waals surface area contributed by atoms with Crippen molar-refractivity contribution in [1.82, 2.24) is 15.3 Å². The van der Waals surface area contributed by atoms with Gasteiger partial charge in [-0.1, -0.05) is 12.1 Å². The van der Waals surface area contributed by atoms with Crippen molar-refractivity contribution in [3.63, 3.8) is 0 Å². The van der Waals surface area contributed by atoms with Crippen LogP contribution in [0.3, 0.4) is 0 Å². The molecule has 1 unspecified atom stereocenters. The molecule has 1 aromatic heterocycles. The van der Waals surface area contributed by atoms with Crippen molar-refractivity contribution < 1.29 is 4.74 Å². The van der Waals surface area contributed by atoms with Crippen LogP contribution in [0.1, 0.15) is 18.8 Å². The molecule has 1 saturated heterocycles. The van der Waals surface area contributed by atoms with Gasteiger partial charge in [0.25, 0.3) is 0 Å². The average molecular weight is 217 g/mol. The molecule has 1 fully saturated rings. The van der Waals surface area contributed by atoms with E-state index in [9.17, 15) is 0 Å². The van der Waals surface area contributed by atoms with E-state index in [0.29, 0.717) is 6.04 Å².